The van der Waals surface area contributed by atoms with E-state index in [9.17, 15) is 4.57 Å². The second-order valence-corrected chi connectivity index (χ2v) is 9.20. The van der Waals surface area contributed by atoms with Crippen molar-refractivity contribution in [2.45, 2.75) is 44.6 Å². The molecule has 0 radical (unpaired) electrons. The Morgan fingerprint density at radius 1 is 1.14 bits per heavy atom. The molecule has 116 valence electrons. The van der Waals surface area contributed by atoms with Gasteiger partial charge in [-0.25, -0.2) is 0 Å². The molecule has 0 bridgehead atoms. The van der Waals surface area contributed by atoms with Crippen LogP contribution in [0.15, 0.2) is 51.0 Å². The molecule has 0 fully saturated rings. The molecular formula is C17H25O2PS. The highest BCUT2D eigenvalue weighted by Gasteiger charge is 2.20. The van der Waals surface area contributed by atoms with Gasteiger partial charge in [0.05, 0.1) is 6.26 Å². The maximum atomic E-state index is 12.7. The molecule has 0 saturated heterocycles. The Balaban J connectivity index is 0.00000106. The molecule has 0 aliphatic carbocycles. The molecule has 1 heterocycles. The van der Waals surface area contributed by atoms with Crippen molar-refractivity contribution in [1.29, 1.82) is 0 Å². The SMILES string of the molecule is CC.CCP(=O)(CC)c1cccc(Sc2cc(C)co2)c1. The summed E-state index contributed by atoms with van der Waals surface area (Å²) in [6.45, 7) is 10.0. The quantitative estimate of drug-likeness (QED) is 0.652. The summed E-state index contributed by atoms with van der Waals surface area (Å²) in [6.07, 6.45) is 3.18. The van der Waals surface area contributed by atoms with Crippen LogP contribution < -0.4 is 5.30 Å². The Morgan fingerprint density at radius 2 is 1.81 bits per heavy atom. The molecule has 0 spiro atoms. The van der Waals surface area contributed by atoms with Gasteiger partial charge in [-0.05, 0) is 30.7 Å². The van der Waals surface area contributed by atoms with E-state index in [4.69, 9.17) is 4.42 Å². The van der Waals surface area contributed by atoms with Crippen molar-refractivity contribution in [3.63, 3.8) is 0 Å². The molecule has 0 saturated carbocycles. The fourth-order valence-electron chi connectivity index (χ4n) is 1.96. The number of benzene rings is 1. The van der Waals surface area contributed by atoms with Crippen LogP contribution in [-0.4, -0.2) is 12.3 Å². The van der Waals surface area contributed by atoms with Gasteiger partial charge in [0.1, 0.15) is 7.14 Å². The van der Waals surface area contributed by atoms with Gasteiger partial charge in [-0.2, -0.15) is 0 Å². The monoisotopic (exact) mass is 324 g/mol. The van der Waals surface area contributed by atoms with E-state index in [0.717, 1.165) is 33.2 Å². The number of aryl methyl sites for hydroxylation is 1. The molecule has 1 aromatic heterocycles. The van der Waals surface area contributed by atoms with Crippen LogP contribution in [0.5, 0.6) is 0 Å². The third-order valence-corrected chi connectivity index (χ3v) is 7.40. The normalized spacial score (nSPS) is 10.9. The molecule has 21 heavy (non-hydrogen) atoms. The smallest absolute Gasteiger partial charge is 0.165 e. The summed E-state index contributed by atoms with van der Waals surface area (Å²) in [5.41, 5.74) is 1.12. The third kappa shape index (κ3) is 4.79. The van der Waals surface area contributed by atoms with E-state index in [0.29, 0.717) is 0 Å². The molecule has 4 heteroatoms. The minimum absolute atomic E-state index is 0.720. The van der Waals surface area contributed by atoms with Gasteiger partial charge >= 0.3 is 0 Å². The van der Waals surface area contributed by atoms with Gasteiger partial charge in [0.2, 0.25) is 0 Å². The molecule has 0 unspecified atom stereocenters. The van der Waals surface area contributed by atoms with Crippen LogP contribution in [0.1, 0.15) is 33.3 Å². The van der Waals surface area contributed by atoms with Gasteiger partial charge in [0.15, 0.2) is 5.09 Å². The fraction of sp³-hybridized carbons (Fsp3) is 0.412. The maximum Gasteiger partial charge on any atom is 0.165 e. The largest absolute Gasteiger partial charge is 0.458 e. The maximum absolute atomic E-state index is 12.7. The van der Waals surface area contributed by atoms with E-state index in [1.165, 1.54) is 0 Å². The van der Waals surface area contributed by atoms with E-state index >= 15 is 0 Å². The summed E-state index contributed by atoms with van der Waals surface area (Å²) in [7, 11) is -2.20. The number of furan rings is 1. The summed E-state index contributed by atoms with van der Waals surface area (Å²) >= 11 is 1.57. The standard InChI is InChI=1S/C15H19O2PS.C2H6/c1-4-18(16,5-2)13-7-6-8-14(10-13)19-15-9-12(3)11-17-15;1-2/h6-11H,4-5H2,1-3H3;1-2H3. The second-order valence-electron chi connectivity index (χ2n) is 4.56. The van der Waals surface area contributed by atoms with Crippen LogP contribution in [0, 0.1) is 6.92 Å². The number of hydrogen-bond donors (Lipinski definition) is 0. The Labute approximate surface area is 132 Å². The van der Waals surface area contributed by atoms with Crippen molar-refractivity contribution in [3.8, 4) is 0 Å². The highest BCUT2D eigenvalue weighted by molar-refractivity contribution is 7.99. The Hall–Kier alpha value is -0.920. The average Bonchev–Trinajstić information content (AvgIpc) is 2.94. The van der Waals surface area contributed by atoms with Gasteiger partial charge in [-0.1, -0.05) is 51.6 Å². The summed E-state index contributed by atoms with van der Waals surface area (Å²) in [6, 6.07) is 10.0. The first-order valence-electron chi connectivity index (χ1n) is 7.49. The second kappa shape index (κ2) is 8.51. The summed E-state index contributed by atoms with van der Waals surface area (Å²) in [5, 5.41) is 1.85. The predicted molar refractivity (Wildman–Crippen MR) is 93.7 cm³/mol. The fourth-order valence-corrected chi connectivity index (χ4v) is 4.87. The molecule has 2 rings (SSSR count). The molecule has 2 nitrogen and oxygen atoms in total. The van der Waals surface area contributed by atoms with Crippen molar-refractivity contribution in [2.24, 2.45) is 0 Å². The van der Waals surface area contributed by atoms with Crippen molar-refractivity contribution >= 4 is 24.2 Å². The first-order valence-corrected chi connectivity index (χ1v) is 10.4. The Bertz CT molecular complexity index is 596. The zero-order valence-electron chi connectivity index (χ0n) is 13.6. The zero-order valence-corrected chi connectivity index (χ0v) is 15.3. The van der Waals surface area contributed by atoms with Crippen LogP contribution in [0.25, 0.3) is 0 Å². The lowest BCUT2D eigenvalue weighted by molar-refractivity contribution is 0.473. The van der Waals surface area contributed by atoms with E-state index < -0.39 is 7.14 Å². The average molecular weight is 324 g/mol. The summed E-state index contributed by atoms with van der Waals surface area (Å²) in [5.74, 6) is 0. The minimum atomic E-state index is -2.20. The van der Waals surface area contributed by atoms with Crippen molar-refractivity contribution < 1.29 is 8.98 Å². The van der Waals surface area contributed by atoms with Crippen LogP contribution in [0.3, 0.4) is 0 Å². The Kier molecular flexibility index (Phi) is 7.34. The molecule has 2 aromatic rings. The van der Waals surface area contributed by atoms with E-state index in [1.807, 2.05) is 65.0 Å². The summed E-state index contributed by atoms with van der Waals surface area (Å²) in [4.78, 5) is 1.08. The lowest BCUT2D eigenvalue weighted by Crippen LogP contribution is -2.08. The Morgan fingerprint density at radius 3 is 2.33 bits per heavy atom. The van der Waals surface area contributed by atoms with Gasteiger partial charge in [0, 0.05) is 22.5 Å². The first-order chi connectivity index (χ1) is 10.1. The number of hydrogen-bond acceptors (Lipinski definition) is 3. The van der Waals surface area contributed by atoms with Crippen molar-refractivity contribution in [1.82, 2.24) is 0 Å². The van der Waals surface area contributed by atoms with Crippen molar-refractivity contribution in [3.05, 3.63) is 42.2 Å². The van der Waals surface area contributed by atoms with Crippen molar-refractivity contribution in [2.75, 3.05) is 12.3 Å². The molecular weight excluding hydrogens is 299 g/mol. The van der Waals surface area contributed by atoms with Crippen LogP contribution in [-0.2, 0) is 4.57 Å². The lowest BCUT2D eigenvalue weighted by atomic mass is 10.4. The van der Waals surface area contributed by atoms with E-state index in [2.05, 4.69) is 0 Å². The van der Waals surface area contributed by atoms with Gasteiger partial charge < -0.3 is 8.98 Å². The zero-order chi connectivity index (χ0) is 15.9. The molecule has 1 aromatic carbocycles. The van der Waals surface area contributed by atoms with Gasteiger partial charge in [-0.15, -0.1) is 0 Å². The lowest BCUT2D eigenvalue weighted by Gasteiger charge is -2.15. The molecule has 0 N–H and O–H groups in total. The van der Waals surface area contributed by atoms with Crippen LogP contribution in [0.2, 0.25) is 0 Å². The van der Waals surface area contributed by atoms with Gasteiger partial charge in [-0.3, -0.25) is 0 Å². The highest BCUT2D eigenvalue weighted by atomic mass is 32.2. The van der Waals surface area contributed by atoms with Crippen LogP contribution in [0.4, 0.5) is 0 Å². The molecule has 0 amide bonds. The van der Waals surface area contributed by atoms with E-state index in [1.54, 1.807) is 18.0 Å². The third-order valence-electron chi connectivity index (χ3n) is 3.23. The van der Waals surface area contributed by atoms with E-state index in [-0.39, 0.29) is 0 Å². The van der Waals surface area contributed by atoms with Crippen LogP contribution >= 0.6 is 18.9 Å². The molecule has 0 atom stereocenters. The topological polar surface area (TPSA) is 30.2 Å². The van der Waals surface area contributed by atoms with Gasteiger partial charge in [0.25, 0.3) is 0 Å². The number of rotatable bonds is 5. The summed E-state index contributed by atoms with van der Waals surface area (Å²) < 4.78 is 18.2. The molecule has 0 aliphatic rings. The molecule has 0 aliphatic heterocycles. The first kappa shape index (κ1) is 18.1. The highest BCUT2D eigenvalue weighted by Crippen LogP contribution is 2.44. The predicted octanol–water partition coefficient (Wildman–Crippen LogP) is 5.79. The minimum Gasteiger partial charge on any atom is -0.458 e.